The van der Waals surface area contributed by atoms with Crippen LogP contribution in [0.3, 0.4) is 0 Å². The van der Waals surface area contributed by atoms with Crippen molar-refractivity contribution < 1.29 is 32.6 Å². The number of imidazole rings is 1. The highest BCUT2D eigenvalue weighted by molar-refractivity contribution is 7.91. The van der Waals surface area contributed by atoms with Crippen LogP contribution in [0.2, 0.25) is 5.02 Å². The number of hydrogen-bond donors (Lipinski definition) is 1. The lowest BCUT2D eigenvalue weighted by Crippen LogP contribution is -2.37. The van der Waals surface area contributed by atoms with Crippen molar-refractivity contribution in [1.29, 1.82) is 0 Å². The quantitative estimate of drug-likeness (QED) is 0.304. The molecule has 0 fully saturated rings. The molecule has 0 aliphatic carbocycles. The Morgan fingerprint density at radius 2 is 1.69 bits per heavy atom. The Bertz CT molecular complexity index is 1780. The van der Waals surface area contributed by atoms with Gasteiger partial charge >= 0.3 is 0 Å². The number of ether oxygens (including phenoxy) is 1. The maximum Gasteiger partial charge on any atom is 0.290 e. The number of halogens is 1. The molecular formula is C33H39ClN6O7S. The third-order valence-electron chi connectivity index (χ3n) is 7.68. The summed E-state index contributed by atoms with van der Waals surface area (Å²) in [6, 6.07) is 15.8. The SMILES string of the molecule is Cn1cc(Cl)c(C(=O)N2CCCCN(C(=O)CCS(=O)(=O)c3ccccc3)CCCn3ccnc3-c3cccc(c3)OCC2)n1.O=CO. The molecule has 1 N–H and O–H groups in total. The zero-order chi connectivity index (χ0) is 34.5. The molecule has 48 heavy (non-hydrogen) atoms. The number of hydrogen-bond acceptors (Lipinski definition) is 8. The molecule has 2 aromatic heterocycles. The highest BCUT2D eigenvalue weighted by atomic mass is 35.5. The molecular weight excluding hydrogens is 660 g/mol. The third kappa shape index (κ3) is 9.91. The summed E-state index contributed by atoms with van der Waals surface area (Å²) >= 11 is 6.30. The summed E-state index contributed by atoms with van der Waals surface area (Å²) in [6.07, 6.45) is 7.01. The summed E-state index contributed by atoms with van der Waals surface area (Å²) in [7, 11) is -1.88. The van der Waals surface area contributed by atoms with Crippen molar-refractivity contribution in [3.05, 3.63) is 83.9 Å². The van der Waals surface area contributed by atoms with Gasteiger partial charge in [-0.25, -0.2) is 13.4 Å². The van der Waals surface area contributed by atoms with Crippen LogP contribution in [0.15, 0.2) is 78.1 Å². The van der Waals surface area contributed by atoms with E-state index in [4.69, 9.17) is 26.2 Å². The molecule has 0 unspecified atom stereocenters. The Kier molecular flexibility index (Phi) is 13.1. The topological polar surface area (TPSA) is 157 Å². The van der Waals surface area contributed by atoms with Crippen molar-refractivity contribution in [2.45, 2.75) is 37.1 Å². The maximum atomic E-state index is 13.5. The van der Waals surface area contributed by atoms with Crippen molar-refractivity contribution in [1.82, 2.24) is 29.1 Å². The van der Waals surface area contributed by atoms with Gasteiger partial charge in [0.1, 0.15) is 18.2 Å². The second kappa shape index (κ2) is 17.5. The van der Waals surface area contributed by atoms with Crippen LogP contribution < -0.4 is 4.74 Å². The van der Waals surface area contributed by atoms with Crippen LogP contribution in [0.25, 0.3) is 11.4 Å². The number of aryl methyl sites for hydroxylation is 2. The molecule has 0 atom stereocenters. The molecule has 0 saturated heterocycles. The summed E-state index contributed by atoms with van der Waals surface area (Å²) in [4.78, 5) is 43.4. The summed E-state index contributed by atoms with van der Waals surface area (Å²) in [5.74, 6) is 0.668. The monoisotopic (exact) mass is 698 g/mol. The number of nitrogens with zero attached hydrogens (tertiary/aromatic N) is 6. The molecule has 1 aliphatic rings. The van der Waals surface area contributed by atoms with Crippen LogP contribution in [0, 0.1) is 0 Å². The number of fused-ring (bicyclic) bond motifs is 4. The highest BCUT2D eigenvalue weighted by Crippen LogP contribution is 2.24. The zero-order valence-electron chi connectivity index (χ0n) is 26.6. The molecule has 0 spiro atoms. The number of carboxylic acid groups (broad SMARTS) is 1. The Morgan fingerprint density at radius 3 is 2.40 bits per heavy atom. The molecule has 256 valence electrons. The van der Waals surface area contributed by atoms with Gasteiger partial charge in [-0.05, 0) is 43.5 Å². The van der Waals surface area contributed by atoms with E-state index in [2.05, 4.69) is 10.1 Å². The first-order valence-electron chi connectivity index (χ1n) is 15.5. The van der Waals surface area contributed by atoms with Crippen molar-refractivity contribution in [3.63, 3.8) is 0 Å². The zero-order valence-corrected chi connectivity index (χ0v) is 28.2. The van der Waals surface area contributed by atoms with E-state index in [1.54, 1.807) is 59.6 Å². The predicted molar refractivity (Wildman–Crippen MR) is 180 cm³/mol. The van der Waals surface area contributed by atoms with E-state index >= 15 is 0 Å². The van der Waals surface area contributed by atoms with Crippen molar-refractivity contribution in [2.24, 2.45) is 7.05 Å². The van der Waals surface area contributed by atoms with Crippen LogP contribution in [0.5, 0.6) is 5.75 Å². The molecule has 0 saturated carbocycles. The van der Waals surface area contributed by atoms with Crippen LogP contribution >= 0.6 is 11.6 Å². The molecule has 3 heterocycles. The standard InChI is InChI=1S/C32H37ClN6O5S.CH2O2/c1-36-24-28(33)30(35-36)32(41)39-16-6-5-15-37(29(40)13-22-45(42,43)27-11-3-2-4-12-27)17-8-18-38-19-14-34-31(38)25-9-7-10-26(23-25)44-21-20-39;2-1-3/h2-4,7,9-12,14,19,23-24H,5-6,8,13,15-18,20-22H2,1H3;1H,(H,2,3). The Hall–Kier alpha value is -4.69. The molecule has 15 heteroatoms. The lowest BCUT2D eigenvalue weighted by molar-refractivity contribution is -0.131. The predicted octanol–water partition coefficient (Wildman–Crippen LogP) is 4.04. The van der Waals surface area contributed by atoms with Crippen LogP contribution in [-0.2, 0) is 33.0 Å². The lowest BCUT2D eigenvalue weighted by atomic mass is 10.2. The largest absolute Gasteiger partial charge is 0.492 e. The normalized spacial score (nSPS) is 14.5. The first-order valence-corrected chi connectivity index (χ1v) is 17.5. The first-order chi connectivity index (χ1) is 23.1. The van der Waals surface area contributed by atoms with Crippen molar-refractivity contribution in [3.8, 4) is 17.1 Å². The molecule has 0 radical (unpaired) electrons. The summed E-state index contributed by atoms with van der Waals surface area (Å²) < 4.78 is 35.3. The Labute approximate surface area is 284 Å². The van der Waals surface area contributed by atoms with Gasteiger partial charge in [-0.15, -0.1) is 0 Å². The van der Waals surface area contributed by atoms with Gasteiger partial charge in [-0.1, -0.05) is 41.9 Å². The molecule has 2 amide bonds. The fraction of sp³-hybridized carbons (Fsp3) is 0.364. The van der Waals surface area contributed by atoms with Gasteiger partial charge in [0.2, 0.25) is 5.91 Å². The van der Waals surface area contributed by atoms with Gasteiger partial charge in [-0.3, -0.25) is 19.1 Å². The summed E-state index contributed by atoms with van der Waals surface area (Å²) in [5.41, 5.74) is 1.06. The number of aromatic nitrogens is 4. The molecule has 5 rings (SSSR count). The third-order valence-corrected chi connectivity index (χ3v) is 9.69. The van der Waals surface area contributed by atoms with Gasteiger partial charge in [0.25, 0.3) is 12.4 Å². The molecule has 13 nitrogen and oxygen atoms in total. The average Bonchev–Trinajstić information content (AvgIpc) is 3.69. The van der Waals surface area contributed by atoms with E-state index in [1.807, 2.05) is 35.0 Å². The number of rotatable bonds is 5. The van der Waals surface area contributed by atoms with Crippen LogP contribution in [0.1, 0.15) is 36.2 Å². The van der Waals surface area contributed by atoms with Gasteiger partial charge in [0.05, 0.1) is 22.2 Å². The van der Waals surface area contributed by atoms with E-state index < -0.39 is 9.84 Å². The number of carbonyl (C=O) groups is 3. The van der Waals surface area contributed by atoms with Gasteiger partial charge in [0.15, 0.2) is 15.5 Å². The molecule has 2 aromatic carbocycles. The number of carbonyl (C=O) groups excluding carboxylic acids is 2. The van der Waals surface area contributed by atoms with Crippen molar-refractivity contribution in [2.75, 3.05) is 38.5 Å². The second-order valence-electron chi connectivity index (χ2n) is 11.0. The lowest BCUT2D eigenvalue weighted by Gasteiger charge is -2.25. The number of benzene rings is 2. The van der Waals surface area contributed by atoms with Gasteiger partial charge in [0, 0.05) is 63.8 Å². The maximum absolute atomic E-state index is 13.5. The van der Waals surface area contributed by atoms with E-state index in [0.29, 0.717) is 57.7 Å². The summed E-state index contributed by atoms with van der Waals surface area (Å²) in [6.45, 7) is 2.25. The van der Waals surface area contributed by atoms with E-state index in [9.17, 15) is 18.0 Å². The molecule has 2 bridgehead atoms. The highest BCUT2D eigenvalue weighted by Gasteiger charge is 2.23. The molecule has 1 aliphatic heterocycles. The van der Waals surface area contributed by atoms with Gasteiger partial charge < -0.3 is 24.2 Å². The number of sulfone groups is 1. The van der Waals surface area contributed by atoms with Crippen molar-refractivity contribution >= 4 is 39.7 Å². The van der Waals surface area contributed by atoms with Crippen LogP contribution in [0.4, 0.5) is 0 Å². The van der Waals surface area contributed by atoms with E-state index in [1.165, 1.54) is 4.68 Å². The Morgan fingerprint density at radius 1 is 0.979 bits per heavy atom. The summed E-state index contributed by atoms with van der Waals surface area (Å²) in [5, 5.41) is 11.4. The minimum absolute atomic E-state index is 0.111. The molecule has 4 aromatic rings. The van der Waals surface area contributed by atoms with Gasteiger partial charge in [-0.2, -0.15) is 5.10 Å². The fourth-order valence-electron chi connectivity index (χ4n) is 5.34. The minimum Gasteiger partial charge on any atom is -0.492 e. The smallest absolute Gasteiger partial charge is 0.290 e. The minimum atomic E-state index is -3.59. The first kappa shape index (κ1) is 36.2. The van der Waals surface area contributed by atoms with E-state index in [0.717, 1.165) is 11.4 Å². The van der Waals surface area contributed by atoms with E-state index in [-0.39, 0.29) is 52.7 Å². The Balaban J connectivity index is 0.00000167. The number of amides is 2. The van der Waals surface area contributed by atoms with Crippen LogP contribution in [-0.4, -0.2) is 99.5 Å². The average molecular weight is 699 g/mol. The second-order valence-corrected chi connectivity index (χ2v) is 13.6. The fourth-order valence-corrected chi connectivity index (χ4v) is 6.85.